The number of carbonyl (C=O) groups is 1. The van der Waals surface area contributed by atoms with Crippen LogP contribution in [0.4, 0.5) is 0 Å². The van der Waals surface area contributed by atoms with Gasteiger partial charge in [-0.15, -0.1) is 0 Å². The van der Waals surface area contributed by atoms with Crippen LogP contribution < -0.4 is 10.6 Å². The van der Waals surface area contributed by atoms with E-state index >= 15 is 0 Å². The van der Waals surface area contributed by atoms with E-state index in [2.05, 4.69) is 29.5 Å². The van der Waals surface area contributed by atoms with Gasteiger partial charge in [0.2, 0.25) is 5.91 Å². The van der Waals surface area contributed by atoms with Crippen LogP contribution in [0.5, 0.6) is 0 Å². The van der Waals surface area contributed by atoms with E-state index in [1.807, 2.05) is 6.92 Å². The summed E-state index contributed by atoms with van der Waals surface area (Å²) >= 11 is 0. The van der Waals surface area contributed by atoms with E-state index < -0.39 is 0 Å². The normalized spacial score (nSPS) is 11.6. The van der Waals surface area contributed by atoms with E-state index in [4.69, 9.17) is 4.74 Å². The van der Waals surface area contributed by atoms with Crippen molar-refractivity contribution >= 4 is 11.9 Å². The quantitative estimate of drug-likeness (QED) is 0.379. The molecule has 0 spiro atoms. The summed E-state index contributed by atoms with van der Waals surface area (Å²) in [6.07, 6.45) is 0. The Bertz CT molecular complexity index is 278. The van der Waals surface area contributed by atoms with E-state index in [-0.39, 0.29) is 12.5 Å². The van der Waals surface area contributed by atoms with Gasteiger partial charge < -0.3 is 20.3 Å². The summed E-state index contributed by atoms with van der Waals surface area (Å²) in [5, 5.41) is 6.22. The van der Waals surface area contributed by atoms with Gasteiger partial charge in [-0.05, 0) is 12.8 Å². The van der Waals surface area contributed by atoms with Crippen LogP contribution in [0.1, 0.15) is 20.8 Å². The highest BCUT2D eigenvalue weighted by Crippen LogP contribution is 1.91. The standard InChI is InChI=1S/C13H28N4O2/c1-6-14-13(16-9-12(18)17(4)5)15-7-8-19-10-11(2)3/h11H,6-10H2,1-5H3,(H2,14,15,16). The predicted octanol–water partition coefficient (Wildman–Crippen LogP) is 0.302. The van der Waals surface area contributed by atoms with Crippen LogP contribution in [-0.4, -0.2) is 63.7 Å². The van der Waals surface area contributed by atoms with Crippen molar-refractivity contribution in [2.45, 2.75) is 20.8 Å². The first-order valence-electron chi connectivity index (χ1n) is 6.77. The van der Waals surface area contributed by atoms with Gasteiger partial charge in [-0.2, -0.15) is 0 Å². The van der Waals surface area contributed by atoms with Crippen molar-refractivity contribution in [2.24, 2.45) is 10.9 Å². The number of guanidine groups is 1. The molecule has 0 aromatic heterocycles. The van der Waals surface area contributed by atoms with E-state index in [1.165, 1.54) is 4.90 Å². The molecule has 2 N–H and O–H groups in total. The smallest absolute Gasteiger partial charge is 0.243 e. The van der Waals surface area contributed by atoms with Gasteiger partial charge in [-0.1, -0.05) is 13.8 Å². The molecule has 0 rings (SSSR count). The molecule has 1 amide bonds. The second kappa shape index (κ2) is 10.6. The third kappa shape index (κ3) is 10.3. The summed E-state index contributed by atoms with van der Waals surface area (Å²) in [5.41, 5.74) is 0. The van der Waals surface area contributed by atoms with Crippen molar-refractivity contribution < 1.29 is 9.53 Å². The first kappa shape index (κ1) is 17.7. The molecule has 0 aromatic rings. The fourth-order valence-corrected chi connectivity index (χ4v) is 1.19. The highest BCUT2D eigenvalue weighted by Gasteiger charge is 2.03. The molecule has 0 aliphatic heterocycles. The SMILES string of the molecule is CCNC(=NCC(=O)N(C)C)NCCOCC(C)C. The number of ether oxygens (including phenoxy) is 1. The van der Waals surface area contributed by atoms with Gasteiger partial charge in [0, 0.05) is 33.8 Å². The van der Waals surface area contributed by atoms with Crippen molar-refractivity contribution in [3.8, 4) is 0 Å². The van der Waals surface area contributed by atoms with E-state index in [9.17, 15) is 4.79 Å². The van der Waals surface area contributed by atoms with E-state index in [0.29, 0.717) is 25.0 Å². The minimum atomic E-state index is -0.0201. The summed E-state index contributed by atoms with van der Waals surface area (Å²) in [4.78, 5) is 17.2. The Morgan fingerprint density at radius 3 is 2.53 bits per heavy atom. The third-order valence-electron chi connectivity index (χ3n) is 2.21. The summed E-state index contributed by atoms with van der Waals surface area (Å²) < 4.78 is 5.47. The molecule has 0 aliphatic carbocycles. The Labute approximate surface area is 116 Å². The van der Waals surface area contributed by atoms with Gasteiger partial charge in [0.05, 0.1) is 6.61 Å². The minimum absolute atomic E-state index is 0.0201. The number of hydrogen-bond donors (Lipinski definition) is 2. The lowest BCUT2D eigenvalue weighted by atomic mass is 10.2. The number of aliphatic imine (C=N–C) groups is 1. The predicted molar refractivity (Wildman–Crippen MR) is 78.3 cm³/mol. The zero-order chi connectivity index (χ0) is 14.7. The lowest BCUT2D eigenvalue weighted by molar-refractivity contribution is -0.127. The van der Waals surface area contributed by atoms with E-state index in [1.54, 1.807) is 14.1 Å². The molecule has 0 saturated heterocycles. The van der Waals surface area contributed by atoms with Crippen LogP contribution in [0, 0.1) is 5.92 Å². The maximum atomic E-state index is 11.4. The molecule has 112 valence electrons. The molecule has 0 bridgehead atoms. The fourth-order valence-electron chi connectivity index (χ4n) is 1.19. The second-order valence-electron chi connectivity index (χ2n) is 4.88. The van der Waals surface area contributed by atoms with Crippen LogP contribution in [0.15, 0.2) is 4.99 Å². The Morgan fingerprint density at radius 2 is 2.00 bits per heavy atom. The molecule has 0 heterocycles. The molecule has 0 saturated carbocycles. The molecule has 0 aromatic carbocycles. The number of carbonyl (C=O) groups excluding carboxylic acids is 1. The van der Waals surface area contributed by atoms with Crippen LogP contribution >= 0.6 is 0 Å². The molecular formula is C13H28N4O2. The van der Waals surface area contributed by atoms with Gasteiger partial charge in [0.1, 0.15) is 6.54 Å². The Balaban J connectivity index is 3.97. The number of rotatable bonds is 8. The van der Waals surface area contributed by atoms with Gasteiger partial charge in [0.25, 0.3) is 0 Å². The topological polar surface area (TPSA) is 66.0 Å². The molecule has 0 aliphatic rings. The molecule has 0 radical (unpaired) electrons. The van der Waals surface area contributed by atoms with Gasteiger partial charge >= 0.3 is 0 Å². The molecule has 19 heavy (non-hydrogen) atoms. The summed E-state index contributed by atoms with van der Waals surface area (Å²) in [5.74, 6) is 1.17. The number of amides is 1. The number of likely N-dealkylation sites (N-methyl/N-ethyl adjacent to an activating group) is 1. The van der Waals surface area contributed by atoms with Crippen molar-refractivity contribution in [3.63, 3.8) is 0 Å². The second-order valence-corrected chi connectivity index (χ2v) is 4.88. The number of nitrogens with zero attached hydrogens (tertiary/aromatic N) is 2. The average Bonchev–Trinajstić information content (AvgIpc) is 2.34. The van der Waals surface area contributed by atoms with E-state index in [0.717, 1.165) is 13.2 Å². The Hall–Kier alpha value is -1.30. The number of hydrogen-bond acceptors (Lipinski definition) is 3. The van der Waals surface area contributed by atoms with Crippen LogP contribution in [-0.2, 0) is 9.53 Å². The van der Waals surface area contributed by atoms with Gasteiger partial charge in [0.15, 0.2) is 5.96 Å². The van der Waals surface area contributed by atoms with Gasteiger partial charge in [-0.25, -0.2) is 4.99 Å². The monoisotopic (exact) mass is 272 g/mol. The van der Waals surface area contributed by atoms with Crippen LogP contribution in [0.2, 0.25) is 0 Å². The molecule has 6 heteroatoms. The van der Waals surface area contributed by atoms with Crippen LogP contribution in [0.25, 0.3) is 0 Å². The fraction of sp³-hybridized carbons (Fsp3) is 0.846. The van der Waals surface area contributed by atoms with Crippen molar-refractivity contribution in [1.29, 1.82) is 0 Å². The molecular weight excluding hydrogens is 244 g/mol. The first-order valence-corrected chi connectivity index (χ1v) is 6.77. The maximum Gasteiger partial charge on any atom is 0.243 e. The van der Waals surface area contributed by atoms with Crippen molar-refractivity contribution in [1.82, 2.24) is 15.5 Å². The highest BCUT2D eigenvalue weighted by molar-refractivity contribution is 5.84. The average molecular weight is 272 g/mol. The van der Waals surface area contributed by atoms with Gasteiger partial charge in [-0.3, -0.25) is 4.79 Å². The van der Waals surface area contributed by atoms with Crippen LogP contribution in [0.3, 0.4) is 0 Å². The molecule has 0 fully saturated rings. The molecule has 0 atom stereocenters. The maximum absolute atomic E-state index is 11.4. The lowest BCUT2D eigenvalue weighted by Gasteiger charge is -2.13. The summed E-state index contributed by atoms with van der Waals surface area (Å²) in [6, 6.07) is 0. The zero-order valence-corrected chi connectivity index (χ0v) is 12.8. The lowest BCUT2D eigenvalue weighted by Crippen LogP contribution is -2.40. The number of nitrogens with one attached hydrogen (secondary N) is 2. The van der Waals surface area contributed by atoms with Crippen molar-refractivity contribution in [2.75, 3.05) is 46.9 Å². The Morgan fingerprint density at radius 1 is 1.32 bits per heavy atom. The summed E-state index contributed by atoms with van der Waals surface area (Å²) in [6.45, 7) is 9.19. The third-order valence-corrected chi connectivity index (χ3v) is 2.21. The largest absolute Gasteiger partial charge is 0.379 e. The van der Waals surface area contributed by atoms with Crippen molar-refractivity contribution in [3.05, 3.63) is 0 Å². The molecule has 0 unspecified atom stereocenters. The Kier molecular flexibility index (Phi) is 9.88. The highest BCUT2D eigenvalue weighted by atomic mass is 16.5. The minimum Gasteiger partial charge on any atom is -0.379 e. The first-order chi connectivity index (χ1) is 8.97. The summed E-state index contributed by atoms with van der Waals surface area (Å²) in [7, 11) is 3.44. The molecule has 6 nitrogen and oxygen atoms in total. The zero-order valence-electron chi connectivity index (χ0n) is 12.8.